The van der Waals surface area contributed by atoms with E-state index in [9.17, 15) is 36.0 Å². The number of hydrogen-bond donors (Lipinski definition) is 5. The molecule has 21 heteroatoms. The summed E-state index contributed by atoms with van der Waals surface area (Å²) in [5.74, 6) is -3.52. The number of carboxylic acid groups (broad SMARTS) is 2. The van der Waals surface area contributed by atoms with Crippen molar-refractivity contribution in [2.75, 3.05) is 5.73 Å². The molecule has 2 heterocycles. The molecule has 6 rings (SSSR count). The third-order valence-corrected chi connectivity index (χ3v) is 8.36. The van der Waals surface area contributed by atoms with Gasteiger partial charge in [0.15, 0.2) is 23.1 Å². The number of Topliss-reactive ketones (excluding diaryl/α,β-unsaturated/α-hetero) is 1. The Morgan fingerprint density at radius 1 is 0.661 bits per heavy atom. The van der Waals surface area contributed by atoms with Gasteiger partial charge in [-0.15, -0.1) is 0 Å². The number of aliphatic carboxylic acids is 2. The molecule has 2 aromatic carbocycles. The summed E-state index contributed by atoms with van der Waals surface area (Å²) in [6.45, 7) is 2.17. The number of rotatable bonds is 4. The van der Waals surface area contributed by atoms with Gasteiger partial charge in [0.1, 0.15) is 0 Å². The van der Waals surface area contributed by atoms with Gasteiger partial charge in [0.05, 0.1) is 26.6 Å². The Morgan fingerprint density at radius 2 is 1.11 bits per heavy atom. The smallest absolute Gasteiger partial charge is 0.300 e. The van der Waals surface area contributed by atoms with Crippen molar-refractivity contribution in [3.63, 3.8) is 0 Å². The van der Waals surface area contributed by atoms with Gasteiger partial charge >= 0.3 is 0 Å². The van der Waals surface area contributed by atoms with Gasteiger partial charge in [-0.25, -0.2) is 27.1 Å². The molecule has 2 aliphatic carbocycles. The number of carbonyl (C=O) groups is 6. The molecule has 0 saturated carbocycles. The van der Waals surface area contributed by atoms with Crippen LogP contribution in [0.15, 0.2) is 119 Å². The summed E-state index contributed by atoms with van der Waals surface area (Å²) in [5, 5.41) is 24.9. The van der Waals surface area contributed by atoms with Crippen LogP contribution in [0.2, 0.25) is 0 Å². The first-order chi connectivity index (χ1) is 25.1. The Bertz CT molecular complexity index is 2350. The summed E-state index contributed by atoms with van der Waals surface area (Å²) in [6.07, 6.45) is 10.1. The molecular weight excluding hydrogens is 826 g/mol. The van der Waals surface area contributed by atoms with E-state index in [0.717, 1.165) is 31.6 Å². The second-order valence-electron chi connectivity index (χ2n) is 10.7. The van der Waals surface area contributed by atoms with Gasteiger partial charge < -0.3 is 21.4 Å². The molecule has 0 aliphatic heterocycles. The summed E-state index contributed by atoms with van der Waals surface area (Å²) in [5.41, 5.74) is 6.91. The van der Waals surface area contributed by atoms with Crippen LogP contribution in [0.25, 0.3) is 0 Å². The molecule has 4 aromatic rings. The Kier molecular flexibility index (Phi) is 19.9. The number of nitrogens with zero attached hydrogens (tertiary/aromatic N) is 2. The van der Waals surface area contributed by atoms with Crippen LogP contribution >= 0.6 is 0 Å². The van der Waals surface area contributed by atoms with Crippen molar-refractivity contribution in [3.8, 4) is 0 Å². The fraction of sp³-hybridized carbons (Fsp3) is 0.0857. The van der Waals surface area contributed by atoms with Crippen LogP contribution in [-0.2, 0) is 53.1 Å². The van der Waals surface area contributed by atoms with Crippen LogP contribution in [-0.4, -0.2) is 77.6 Å². The molecule has 2 aromatic heterocycles. The van der Waals surface area contributed by atoms with E-state index >= 15 is 0 Å². The number of anilines is 1. The van der Waals surface area contributed by atoms with Gasteiger partial charge in [-0.1, -0.05) is 30.3 Å². The van der Waals surface area contributed by atoms with Gasteiger partial charge in [0.2, 0.25) is 20.0 Å². The Morgan fingerprint density at radius 3 is 1.52 bits per heavy atom. The second-order valence-corrected chi connectivity index (χ2v) is 13.8. The predicted octanol–water partition coefficient (Wildman–Crippen LogP) is 1.56. The molecule has 2 aliphatic rings. The first kappa shape index (κ1) is 49.9. The van der Waals surface area contributed by atoms with Crippen molar-refractivity contribution in [1.82, 2.24) is 9.97 Å². The fourth-order valence-electron chi connectivity index (χ4n) is 4.46. The standard InChI is InChI=1S/C16H12N2O4S.C10H7NO4S.C5H6N2.2C2H4O2.Cu.H2O/c17-23(21,22)14-5-1-4-12-15(14)13(19)8-11(16(12)20)7-10-3-2-6-18-9-10;11-16(14,15)9-3-1-2-6-7(12)4-5-8(13)10(6)9;6-5-2-1-3-7-4-5;2*1-2(3)4;;/h1-6,8-9H,7H2,(H2,17,21,22);1-5H,(H2,11,14,15);1-4H,6H2;2*1H3,(H,3,4);;1H2. The first-order valence-corrected chi connectivity index (χ1v) is 18.1. The summed E-state index contributed by atoms with van der Waals surface area (Å²) in [7, 11) is -8.10. The zero-order chi connectivity index (χ0) is 40.8. The van der Waals surface area contributed by atoms with Crippen LogP contribution in [0.4, 0.5) is 5.69 Å². The number of primary sulfonamides is 2. The number of aromatic nitrogens is 2. The van der Waals surface area contributed by atoms with Gasteiger partial charge in [0.25, 0.3) is 11.9 Å². The fourth-order valence-corrected chi connectivity index (χ4v) is 5.99. The number of pyridine rings is 2. The van der Waals surface area contributed by atoms with Crippen molar-refractivity contribution in [1.29, 1.82) is 0 Å². The first-order valence-electron chi connectivity index (χ1n) is 15.0. The van der Waals surface area contributed by atoms with Crippen molar-refractivity contribution in [2.45, 2.75) is 30.1 Å². The molecule has 0 spiro atoms. The van der Waals surface area contributed by atoms with Crippen molar-refractivity contribution >= 4 is 60.8 Å². The van der Waals surface area contributed by atoms with Gasteiger partial charge in [-0.05, 0) is 54.1 Å². The molecule has 10 N–H and O–H groups in total. The molecule has 0 saturated heterocycles. The Hall–Kier alpha value is -6.06. The van der Waals surface area contributed by atoms with E-state index < -0.39 is 49.3 Å². The average molecular weight is 861 g/mol. The molecule has 18 nitrogen and oxygen atoms in total. The van der Waals surface area contributed by atoms with E-state index in [0.29, 0.717) is 11.3 Å². The molecular formula is C35H35CuN5O13S2. The van der Waals surface area contributed by atoms with E-state index in [1.807, 2.05) is 0 Å². The number of nitrogen functional groups attached to an aromatic ring is 1. The number of carboxylic acids is 2. The molecule has 1 radical (unpaired) electrons. The number of fused-ring (bicyclic) bond motifs is 2. The summed E-state index contributed by atoms with van der Waals surface area (Å²) < 4.78 is 45.7. The van der Waals surface area contributed by atoms with Crippen molar-refractivity contribution in [2.24, 2.45) is 10.3 Å². The van der Waals surface area contributed by atoms with E-state index in [1.165, 1.54) is 42.5 Å². The minimum absolute atomic E-state index is 0. The quantitative estimate of drug-likeness (QED) is 0.182. The van der Waals surface area contributed by atoms with Gasteiger partial charge in [0, 0.05) is 78.8 Å². The van der Waals surface area contributed by atoms with Crippen molar-refractivity contribution < 1.29 is 78.4 Å². The number of ketones is 4. The third kappa shape index (κ3) is 15.4. The molecule has 301 valence electrons. The van der Waals surface area contributed by atoms with Crippen LogP contribution in [0.5, 0.6) is 0 Å². The molecule has 0 amide bonds. The van der Waals surface area contributed by atoms with Crippen LogP contribution in [0, 0.1) is 0 Å². The summed E-state index contributed by atoms with van der Waals surface area (Å²) in [6, 6.07) is 15.2. The maximum Gasteiger partial charge on any atom is 0.300 e. The average Bonchev–Trinajstić information content (AvgIpc) is 3.08. The molecule has 56 heavy (non-hydrogen) atoms. The van der Waals surface area contributed by atoms with Crippen LogP contribution in [0.1, 0.15) is 60.8 Å². The number of hydrogen-bond acceptors (Lipinski definition) is 13. The predicted molar refractivity (Wildman–Crippen MR) is 197 cm³/mol. The van der Waals surface area contributed by atoms with Crippen LogP contribution < -0.4 is 16.0 Å². The SMILES string of the molecule is CC(=O)O.CC(=O)O.NS(=O)(=O)c1cccc2c1C(=O)C=C(Cc1cccnc1)C2=O.NS(=O)(=O)c1cccc2c1C(=O)C=CC2=O.Nc1cccnc1.O.[Cu]. The Labute approximate surface area is 331 Å². The van der Waals surface area contributed by atoms with Gasteiger partial charge in [-0.2, -0.15) is 0 Å². The molecule has 0 fully saturated rings. The summed E-state index contributed by atoms with van der Waals surface area (Å²) in [4.78, 5) is 73.0. The van der Waals surface area contributed by atoms with E-state index in [4.69, 9.17) is 35.8 Å². The largest absolute Gasteiger partial charge is 0.481 e. The monoisotopic (exact) mass is 860 g/mol. The maximum atomic E-state index is 12.6. The zero-order valence-corrected chi connectivity index (χ0v) is 31.8. The van der Waals surface area contributed by atoms with E-state index in [1.54, 1.807) is 49.1 Å². The number of benzene rings is 2. The van der Waals surface area contributed by atoms with Crippen molar-refractivity contribution in [3.05, 3.63) is 137 Å². The summed E-state index contributed by atoms with van der Waals surface area (Å²) >= 11 is 0. The minimum Gasteiger partial charge on any atom is -0.481 e. The van der Waals surface area contributed by atoms with E-state index in [-0.39, 0.29) is 66.8 Å². The topological polar surface area (TPSA) is 346 Å². The third-order valence-electron chi connectivity index (χ3n) is 6.45. The van der Waals surface area contributed by atoms with Gasteiger partial charge in [-0.3, -0.25) is 38.7 Å². The molecule has 0 unspecified atom stereocenters. The van der Waals surface area contributed by atoms with Crippen LogP contribution in [0.3, 0.4) is 0 Å². The number of carbonyl (C=O) groups excluding carboxylic acids is 4. The normalized spacial score (nSPS) is 12.2. The van der Waals surface area contributed by atoms with E-state index in [2.05, 4.69) is 9.97 Å². The number of allylic oxidation sites excluding steroid dienone is 4. The molecule has 0 atom stereocenters. The number of sulfonamides is 2. The number of nitrogens with two attached hydrogens (primary N) is 3. The molecule has 0 bridgehead atoms. The minimum atomic E-state index is -4.09. The Balaban J connectivity index is 0.000000792. The maximum absolute atomic E-state index is 12.6. The second kappa shape index (κ2) is 22.3. The zero-order valence-electron chi connectivity index (χ0n) is 29.2.